The molecule has 1 aliphatic rings. The summed E-state index contributed by atoms with van der Waals surface area (Å²) in [5, 5.41) is 0. The minimum atomic E-state index is 0.00829. The first-order valence-electron chi connectivity index (χ1n) is 9.41. The van der Waals surface area contributed by atoms with Crippen LogP contribution in [0.25, 0.3) is 0 Å². The molecule has 4 nitrogen and oxygen atoms in total. The van der Waals surface area contributed by atoms with E-state index < -0.39 is 0 Å². The number of ketones is 1. The SMILES string of the molecule is CCCOc1cccc2c1CCC2C(=O)C(CC)Cn1ccnc1C. The Bertz CT molecular complexity index is 735. The number of carbonyl (C=O) groups is 1. The highest BCUT2D eigenvalue weighted by molar-refractivity contribution is 5.89. The zero-order valence-electron chi connectivity index (χ0n) is 15.5. The predicted molar refractivity (Wildman–Crippen MR) is 99.0 cm³/mol. The summed E-state index contributed by atoms with van der Waals surface area (Å²) in [5.41, 5.74) is 2.42. The number of ether oxygens (including phenoxy) is 1. The molecular formula is C21H28N2O2. The molecule has 25 heavy (non-hydrogen) atoms. The Labute approximate surface area is 150 Å². The van der Waals surface area contributed by atoms with E-state index in [0.717, 1.165) is 50.4 Å². The molecule has 1 aromatic carbocycles. The lowest BCUT2D eigenvalue weighted by Gasteiger charge is -2.20. The van der Waals surface area contributed by atoms with Crippen molar-refractivity contribution >= 4 is 5.78 Å². The number of imidazole rings is 1. The molecule has 0 aliphatic heterocycles. The normalized spacial score (nSPS) is 17.3. The first kappa shape index (κ1) is 17.7. The number of fused-ring (bicyclic) bond motifs is 1. The van der Waals surface area contributed by atoms with Gasteiger partial charge in [-0.1, -0.05) is 26.0 Å². The minimum Gasteiger partial charge on any atom is -0.493 e. The van der Waals surface area contributed by atoms with Gasteiger partial charge in [0, 0.05) is 30.8 Å². The number of Topliss-reactive ketones (excluding diaryl/α,β-unsaturated/α-hetero) is 1. The maximum absolute atomic E-state index is 13.2. The van der Waals surface area contributed by atoms with Gasteiger partial charge in [-0.2, -0.15) is 0 Å². The van der Waals surface area contributed by atoms with Crippen molar-refractivity contribution in [1.29, 1.82) is 0 Å². The number of hydrogen-bond donors (Lipinski definition) is 0. The highest BCUT2D eigenvalue weighted by Gasteiger charge is 2.34. The second-order valence-electron chi connectivity index (χ2n) is 6.90. The van der Waals surface area contributed by atoms with Crippen LogP contribution in [0, 0.1) is 12.8 Å². The molecule has 0 spiro atoms. The van der Waals surface area contributed by atoms with Gasteiger partial charge >= 0.3 is 0 Å². The summed E-state index contributed by atoms with van der Waals surface area (Å²) in [7, 11) is 0. The first-order valence-corrected chi connectivity index (χ1v) is 9.41. The quantitative estimate of drug-likeness (QED) is 0.719. The molecule has 2 aromatic rings. The van der Waals surface area contributed by atoms with E-state index in [0.29, 0.717) is 5.78 Å². The summed E-state index contributed by atoms with van der Waals surface area (Å²) < 4.78 is 7.98. The van der Waals surface area contributed by atoms with Crippen LogP contribution in [0.1, 0.15) is 56.0 Å². The largest absolute Gasteiger partial charge is 0.493 e. The summed E-state index contributed by atoms with van der Waals surface area (Å²) in [6.45, 7) is 7.65. The lowest BCUT2D eigenvalue weighted by molar-refractivity contribution is -0.124. The molecule has 0 fully saturated rings. The van der Waals surface area contributed by atoms with Crippen LogP contribution < -0.4 is 4.74 Å². The fraction of sp³-hybridized carbons (Fsp3) is 0.524. The van der Waals surface area contributed by atoms with E-state index in [1.807, 2.05) is 25.3 Å². The molecule has 1 aromatic heterocycles. The lowest BCUT2D eigenvalue weighted by atomic mass is 9.87. The van der Waals surface area contributed by atoms with E-state index in [4.69, 9.17) is 4.74 Å². The van der Waals surface area contributed by atoms with Crippen LogP contribution in [0.2, 0.25) is 0 Å². The first-order chi connectivity index (χ1) is 12.2. The molecule has 1 heterocycles. The molecule has 4 heteroatoms. The molecule has 1 aliphatic carbocycles. The van der Waals surface area contributed by atoms with E-state index in [-0.39, 0.29) is 11.8 Å². The second-order valence-corrected chi connectivity index (χ2v) is 6.90. The zero-order chi connectivity index (χ0) is 17.8. The van der Waals surface area contributed by atoms with Crippen molar-refractivity contribution in [3.8, 4) is 5.75 Å². The Kier molecular flexibility index (Phi) is 5.57. The molecule has 0 saturated heterocycles. The van der Waals surface area contributed by atoms with Gasteiger partial charge in [0.05, 0.1) is 6.61 Å². The van der Waals surface area contributed by atoms with Crippen molar-refractivity contribution in [3.63, 3.8) is 0 Å². The molecule has 0 bridgehead atoms. The van der Waals surface area contributed by atoms with E-state index in [1.54, 1.807) is 6.20 Å². The second kappa shape index (κ2) is 7.85. The fourth-order valence-corrected chi connectivity index (χ4v) is 3.80. The third-order valence-electron chi connectivity index (χ3n) is 5.27. The highest BCUT2D eigenvalue weighted by atomic mass is 16.5. The molecule has 0 radical (unpaired) electrons. The van der Waals surface area contributed by atoms with Gasteiger partial charge in [-0.05, 0) is 49.8 Å². The van der Waals surface area contributed by atoms with E-state index >= 15 is 0 Å². The van der Waals surface area contributed by atoms with Crippen LogP contribution in [0.5, 0.6) is 5.75 Å². The van der Waals surface area contributed by atoms with Crippen LogP contribution in [0.15, 0.2) is 30.6 Å². The van der Waals surface area contributed by atoms with Gasteiger partial charge in [0.2, 0.25) is 0 Å². The van der Waals surface area contributed by atoms with Crippen molar-refractivity contribution < 1.29 is 9.53 Å². The zero-order valence-corrected chi connectivity index (χ0v) is 15.5. The molecule has 0 N–H and O–H groups in total. The number of aryl methyl sites for hydroxylation is 1. The molecule has 3 rings (SSSR count). The number of benzene rings is 1. The smallest absolute Gasteiger partial charge is 0.145 e. The third kappa shape index (κ3) is 3.63. The van der Waals surface area contributed by atoms with Gasteiger partial charge in [0.1, 0.15) is 17.4 Å². The maximum Gasteiger partial charge on any atom is 0.145 e. The van der Waals surface area contributed by atoms with Crippen LogP contribution >= 0.6 is 0 Å². The number of rotatable bonds is 8. The molecule has 134 valence electrons. The number of hydrogen-bond acceptors (Lipinski definition) is 3. The summed E-state index contributed by atoms with van der Waals surface area (Å²) in [5.74, 6) is 2.33. The van der Waals surface area contributed by atoms with Gasteiger partial charge in [0.25, 0.3) is 0 Å². The standard InChI is InChI=1S/C21H28N2O2/c1-4-13-25-20-8-6-7-17-18(20)9-10-19(17)21(24)16(5-2)14-23-12-11-22-15(23)3/h6-8,11-12,16,19H,4-5,9-10,13-14H2,1-3H3. The van der Waals surface area contributed by atoms with Crippen molar-refractivity contribution in [2.24, 2.45) is 5.92 Å². The number of nitrogens with zero attached hydrogens (tertiary/aromatic N) is 2. The highest BCUT2D eigenvalue weighted by Crippen LogP contribution is 2.40. The van der Waals surface area contributed by atoms with Crippen molar-refractivity contribution in [2.75, 3.05) is 6.61 Å². The molecule has 0 amide bonds. The van der Waals surface area contributed by atoms with Gasteiger partial charge in [-0.15, -0.1) is 0 Å². The van der Waals surface area contributed by atoms with E-state index in [2.05, 4.69) is 29.5 Å². The monoisotopic (exact) mass is 340 g/mol. The molecular weight excluding hydrogens is 312 g/mol. The third-order valence-corrected chi connectivity index (χ3v) is 5.27. The topological polar surface area (TPSA) is 44.1 Å². The molecule has 2 unspecified atom stereocenters. The minimum absolute atomic E-state index is 0.00829. The van der Waals surface area contributed by atoms with Crippen molar-refractivity contribution in [1.82, 2.24) is 9.55 Å². The van der Waals surface area contributed by atoms with Gasteiger partial charge in [0.15, 0.2) is 0 Å². The van der Waals surface area contributed by atoms with Crippen LogP contribution in [0.4, 0.5) is 0 Å². The van der Waals surface area contributed by atoms with Gasteiger partial charge in [-0.25, -0.2) is 4.98 Å². The van der Waals surface area contributed by atoms with Crippen molar-refractivity contribution in [3.05, 3.63) is 47.5 Å². The molecule has 2 atom stereocenters. The Balaban J connectivity index is 1.79. The average Bonchev–Trinajstić information content (AvgIpc) is 3.23. The van der Waals surface area contributed by atoms with Crippen LogP contribution in [-0.4, -0.2) is 21.9 Å². The average molecular weight is 340 g/mol. The number of aromatic nitrogens is 2. The summed E-state index contributed by atoms with van der Waals surface area (Å²) in [4.78, 5) is 17.5. The van der Waals surface area contributed by atoms with Crippen LogP contribution in [0.3, 0.4) is 0 Å². The van der Waals surface area contributed by atoms with E-state index in [9.17, 15) is 4.79 Å². The predicted octanol–water partition coefficient (Wildman–Crippen LogP) is 4.31. The van der Waals surface area contributed by atoms with Crippen molar-refractivity contribution in [2.45, 2.75) is 58.9 Å². The Morgan fingerprint density at radius 2 is 2.24 bits per heavy atom. The van der Waals surface area contributed by atoms with Crippen LogP contribution in [-0.2, 0) is 17.8 Å². The summed E-state index contributed by atoms with van der Waals surface area (Å²) in [6, 6.07) is 6.17. The van der Waals surface area contributed by atoms with Gasteiger partial charge in [-0.3, -0.25) is 4.79 Å². The Morgan fingerprint density at radius 1 is 1.40 bits per heavy atom. The van der Waals surface area contributed by atoms with E-state index in [1.165, 1.54) is 11.1 Å². The fourth-order valence-electron chi connectivity index (χ4n) is 3.80. The van der Waals surface area contributed by atoms with Gasteiger partial charge < -0.3 is 9.30 Å². The Hall–Kier alpha value is -2.10. The Morgan fingerprint density at radius 3 is 2.92 bits per heavy atom. The lowest BCUT2D eigenvalue weighted by Crippen LogP contribution is -2.25. The summed E-state index contributed by atoms with van der Waals surface area (Å²) >= 11 is 0. The summed E-state index contributed by atoms with van der Waals surface area (Å²) in [6.07, 6.45) is 7.45. The number of carbonyl (C=O) groups excluding carboxylic acids is 1. The molecule has 0 saturated carbocycles. The maximum atomic E-state index is 13.2.